The summed E-state index contributed by atoms with van der Waals surface area (Å²) in [4.78, 5) is 13.0. The predicted molar refractivity (Wildman–Crippen MR) is 49.8 cm³/mol. The van der Waals surface area contributed by atoms with E-state index in [0.717, 1.165) is 6.54 Å². The Balaban J connectivity index is 1.96. The molecule has 15 heavy (non-hydrogen) atoms. The van der Waals surface area contributed by atoms with E-state index in [9.17, 15) is 4.79 Å². The van der Waals surface area contributed by atoms with E-state index in [1.165, 1.54) is 0 Å². The maximum atomic E-state index is 11.0. The van der Waals surface area contributed by atoms with Crippen molar-refractivity contribution in [2.45, 2.75) is 19.9 Å². The van der Waals surface area contributed by atoms with Gasteiger partial charge < -0.3 is 5.11 Å². The molecule has 1 saturated heterocycles. The number of aliphatic carboxylic acids is 1. The van der Waals surface area contributed by atoms with Gasteiger partial charge in [0, 0.05) is 6.54 Å². The Hall–Kier alpha value is -1.50. The van der Waals surface area contributed by atoms with E-state index in [1.54, 1.807) is 6.92 Å². The zero-order chi connectivity index (χ0) is 10.9. The number of hydrogen-bond acceptors (Lipinski definition) is 5. The molecule has 2 N–H and O–H groups in total. The number of carbonyl (C=O) groups is 1. The summed E-state index contributed by atoms with van der Waals surface area (Å²) >= 11 is 0. The lowest BCUT2D eigenvalue weighted by atomic mass is 9.90. The number of tetrazole rings is 1. The first-order valence-corrected chi connectivity index (χ1v) is 4.78. The topological polar surface area (TPSA) is 95.0 Å². The minimum absolute atomic E-state index is 0.539. The molecular weight excluding hydrogens is 198 g/mol. The van der Waals surface area contributed by atoms with Crippen molar-refractivity contribution in [1.82, 2.24) is 25.5 Å². The van der Waals surface area contributed by atoms with Crippen molar-refractivity contribution in [1.29, 1.82) is 0 Å². The third-order valence-corrected chi connectivity index (χ3v) is 2.82. The summed E-state index contributed by atoms with van der Waals surface area (Å²) in [6.45, 7) is 3.62. The van der Waals surface area contributed by atoms with Crippen LogP contribution in [0.3, 0.4) is 0 Å². The number of rotatable bonds is 3. The first-order valence-electron chi connectivity index (χ1n) is 4.78. The molecule has 1 aliphatic heterocycles. The molecule has 7 heteroatoms. The van der Waals surface area contributed by atoms with Crippen LogP contribution in [0.25, 0.3) is 0 Å². The van der Waals surface area contributed by atoms with Gasteiger partial charge in [-0.05, 0) is 19.9 Å². The monoisotopic (exact) mass is 211 g/mol. The molecule has 7 nitrogen and oxygen atoms in total. The van der Waals surface area contributed by atoms with E-state index < -0.39 is 11.4 Å². The fourth-order valence-electron chi connectivity index (χ4n) is 1.82. The van der Waals surface area contributed by atoms with Crippen LogP contribution >= 0.6 is 0 Å². The molecule has 1 aromatic heterocycles. The van der Waals surface area contributed by atoms with Gasteiger partial charge in [0.15, 0.2) is 5.82 Å². The molecule has 2 rings (SSSR count). The van der Waals surface area contributed by atoms with Gasteiger partial charge in [-0.15, -0.1) is 10.2 Å². The zero-order valence-corrected chi connectivity index (χ0v) is 8.47. The van der Waals surface area contributed by atoms with Gasteiger partial charge in [-0.1, -0.05) is 5.21 Å². The van der Waals surface area contributed by atoms with Gasteiger partial charge in [-0.2, -0.15) is 5.21 Å². The molecule has 1 aromatic rings. The zero-order valence-electron chi connectivity index (χ0n) is 8.47. The second kappa shape index (κ2) is 3.58. The quantitative estimate of drug-likeness (QED) is 0.699. The lowest BCUT2D eigenvalue weighted by Crippen LogP contribution is -2.31. The molecule has 0 radical (unpaired) electrons. The summed E-state index contributed by atoms with van der Waals surface area (Å²) in [5.74, 6) is -0.136. The largest absolute Gasteiger partial charge is 0.481 e. The Morgan fingerprint density at radius 1 is 1.73 bits per heavy atom. The minimum atomic E-state index is -0.738. The third kappa shape index (κ3) is 1.96. The lowest BCUT2D eigenvalue weighted by Gasteiger charge is -2.18. The van der Waals surface area contributed by atoms with Crippen LogP contribution in [-0.4, -0.2) is 49.7 Å². The molecule has 1 fully saturated rings. The van der Waals surface area contributed by atoms with Crippen molar-refractivity contribution in [3.63, 3.8) is 0 Å². The summed E-state index contributed by atoms with van der Waals surface area (Å²) in [6, 6.07) is 0. The Labute approximate surface area is 86.5 Å². The van der Waals surface area contributed by atoms with E-state index in [-0.39, 0.29) is 0 Å². The predicted octanol–water partition coefficient (Wildman–Crippen LogP) is -0.504. The summed E-state index contributed by atoms with van der Waals surface area (Å²) in [5, 5.41) is 22.5. The Morgan fingerprint density at radius 2 is 2.53 bits per heavy atom. The number of H-pyrrole nitrogens is 1. The summed E-state index contributed by atoms with van der Waals surface area (Å²) in [5.41, 5.74) is -0.635. The van der Waals surface area contributed by atoms with E-state index in [0.29, 0.717) is 25.3 Å². The molecule has 0 bridgehead atoms. The first-order chi connectivity index (χ1) is 7.10. The number of nitrogens with one attached hydrogen (secondary N) is 1. The molecular formula is C8H13N5O2. The standard InChI is InChI=1S/C8H13N5O2/c1-8(7(14)15)2-3-13(5-8)4-6-9-11-12-10-6/h2-5H2,1H3,(H,14,15)(H,9,10,11,12). The third-order valence-electron chi connectivity index (χ3n) is 2.82. The van der Waals surface area contributed by atoms with Gasteiger partial charge in [-0.3, -0.25) is 9.69 Å². The fourth-order valence-corrected chi connectivity index (χ4v) is 1.82. The van der Waals surface area contributed by atoms with Crippen molar-refractivity contribution in [2.75, 3.05) is 13.1 Å². The van der Waals surface area contributed by atoms with Crippen molar-refractivity contribution >= 4 is 5.97 Å². The summed E-state index contributed by atoms with van der Waals surface area (Å²) in [7, 11) is 0. The molecule has 1 atom stereocenters. The molecule has 0 amide bonds. The van der Waals surface area contributed by atoms with Crippen LogP contribution in [0.15, 0.2) is 0 Å². The van der Waals surface area contributed by atoms with Gasteiger partial charge in [0.05, 0.1) is 12.0 Å². The molecule has 0 aromatic carbocycles. The average Bonchev–Trinajstić information content (AvgIpc) is 2.77. The van der Waals surface area contributed by atoms with Crippen molar-refractivity contribution in [2.24, 2.45) is 5.41 Å². The minimum Gasteiger partial charge on any atom is -0.481 e. The molecule has 1 aliphatic rings. The highest BCUT2D eigenvalue weighted by Gasteiger charge is 2.40. The van der Waals surface area contributed by atoms with Crippen LogP contribution in [0.5, 0.6) is 0 Å². The van der Waals surface area contributed by atoms with Crippen LogP contribution in [0.2, 0.25) is 0 Å². The van der Waals surface area contributed by atoms with E-state index in [1.807, 2.05) is 4.90 Å². The number of hydrogen-bond donors (Lipinski definition) is 2. The van der Waals surface area contributed by atoms with Crippen LogP contribution < -0.4 is 0 Å². The molecule has 0 aliphatic carbocycles. The Kier molecular flexibility index (Phi) is 2.39. The molecule has 0 saturated carbocycles. The maximum absolute atomic E-state index is 11.0. The van der Waals surface area contributed by atoms with Gasteiger partial charge in [0.25, 0.3) is 0 Å². The fraction of sp³-hybridized carbons (Fsp3) is 0.750. The lowest BCUT2D eigenvalue weighted by molar-refractivity contribution is -0.147. The van der Waals surface area contributed by atoms with E-state index >= 15 is 0 Å². The van der Waals surface area contributed by atoms with E-state index in [2.05, 4.69) is 20.6 Å². The van der Waals surface area contributed by atoms with Crippen LogP contribution in [0.4, 0.5) is 0 Å². The molecule has 0 spiro atoms. The number of aromatic nitrogens is 4. The van der Waals surface area contributed by atoms with Gasteiger partial charge in [0.2, 0.25) is 0 Å². The van der Waals surface area contributed by atoms with Gasteiger partial charge >= 0.3 is 5.97 Å². The number of likely N-dealkylation sites (tertiary alicyclic amines) is 1. The Bertz CT molecular complexity index is 352. The second-order valence-corrected chi connectivity index (χ2v) is 4.15. The highest BCUT2D eigenvalue weighted by molar-refractivity contribution is 5.74. The van der Waals surface area contributed by atoms with Crippen molar-refractivity contribution in [3.05, 3.63) is 5.82 Å². The second-order valence-electron chi connectivity index (χ2n) is 4.15. The highest BCUT2D eigenvalue weighted by atomic mass is 16.4. The molecule has 82 valence electrons. The van der Waals surface area contributed by atoms with Crippen molar-refractivity contribution in [3.8, 4) is 0 Å². The Morgan fingerprint density at radius 3 is 3.07 bits per heavy atom. The smallest absolute Gasteiger partial charge is 0.310 e. The van der Waals surface area contributed by atoms with Crippen LogP contribution in [0.1, 0.15) is 19.2 Å². The number of nitrogens with zero attached hydrogens (tertiary/aromatic N) is 4. The van der Waals surface area contributed by atoms with E-state index in [4.69, 9.17) is 5.11 Å². The highest BCUT2D eigenvalue weighted by Crippen LogP contribution is 2.30. The van der Waals surface area contributed by atoms with Crippen molar-refractivity contribution < 1.29 is 9.90 Å². The molecule has 1 unspecified atom stereocenters. The average molecular weight is 211 g/mol. The number of aromatic amines is 1. The summed E-state index contributed by atoms with van der Waals surface area (Å²) < 4.78 is 0. The molecule has 2 heterocycles. The summed E-state index contributed by atoms with van der Waals surface area (Å²) in [6.07, 6.45) is 0.667. The number of carboxylic acid groups (broad SMARTS) is 1. The normalized spacial score (nSPS) is 27.0. The number of carboxylic acids is 1. The maximum Gasteiger partial charge on any atom is 0.310 e. The van der Waals surface area contributed by atoms with Gasteiger partial charge in [0.1, 0.15) is 0 Å². The SMILES string of the molecule is CC1(C(=O)O)CCN(Cc2nn[nH]n2)C1. The van der Waals surface area contributed by atoms with Crippen LogP contribution in [0, 0.1) is 5.41 Å². The van der Waals surface area contributed by atoms with Gasteiger partial charge in [-0.25, -0.2) is 0 Å². The first kappa shape index (κ1) is 10.0. The van der Waals surface area contributed by atoms with Crippen LogP contribution in [-0.2, 0) is 11.3 Å².